The standard InChI is InChI=1S/C41H43N9O4/c1-25-12-13-42-38(43-25)32-19-33(32)40(52)46-36-18-31(17-34(45-36)28-10-11-28)47(2)21-30-22-48-20-29(27-8-9-27)16-35(39(48)44-30)50-23-37(51)49(41(50)53)14-15-54-24-26-6-4-3-5-7-26/h3-7,12-13,16-18,20,22,27-28,32-33H,8-11,14-15,19,21,23-24H2,1-2H3,(H,45,46,52)/t32-,33-/m0/s1. The van der Waals surface area contributed by atoms with Gasteiger partial charge in [-0.2, -0.15) is 0 Å². The largest absolute Gasteiger partial charge is 0.375 e. The fourth-order valence-corrected chi connectivity index (χ4v) is 7.32. The lowest BCUT2D eigenvalue weighted by atomic mass is 10.1. The van der Waals surface area contributed by atoms with E-state index in [0.717, 1.165) is 71.8 Å². The SMILES string of the molecule is Cc1ccnc([C@H]2C[C@@H]2C(=O)Nc2cc(N(C)Cc3cn4cc(C5CC5)cc(N5CC(=O)N(CCOCc6ccccc6)C5=O)c4n3)cc(C3CC3)n2)n1. The van der Waals surface area contributed by atoms with Crippen molar-refractivity contribution in [2.45, 2.75) is 69.9 Å². The number of imide groups is 1. The molecule has 4 amide bonds. The Bertz CT molecular complexity index is 2250. The molecule has 1 saturated heterocycles. The molecule has 0 radical (unpaired) electrons. The summed E-state index contributed by atoms with van der Waals surface area (Å²) in [6.07, 6.45) is 10.9. The Morgan fingerprint density at radius 1 is 0.981 bits per heavy atom. The second-order valence-electron chi connectivity index (χ2n) is 15.1. The van der Waals surface area contributed by atoms with Crippen LogP contribution < -0.4 is 15.1 Å². The van der Waals surface area contributed by atoms with E-state index in [1.807, 2.05) is 73.1 Å². The zero-order valence-corrected chi connectivity index (χ0v) is 30.5. The van der Waals surface area contributed by atoms with Gasteiger partial charge in [-0.15, -0.1) is 0 Å². The number of aromatic nitrogens is 5. The number of urea groups is 1. The molecule has 5 heterocycles. The number of hydrogen-bond donors (Lipinski definition) is 1. The maximum Gasteiger partial charge on any atom is 0.331 e. The molecule has 1 aliphatic heterocycles. The smallest absolute Gasteiger partial charge is 0.331 e. The number of aryl methyl sites for hydroxylation is 1. The minimum atomic E-state index is -0.359. The van der Waals surface area contributed by atoms with Crippen LogP contribution in [0.3, 0.4) is 0 Å². The number of amides is 4. The van der Waals surface area contributed by atoms with Gasteiger partial charge in [-0.3, -0.25) is 19.4 Å². The molecule has 0 bridgehead atoms. The molecule has 13 heteroatoms. The van der Waals surface area contributed by atoms with Crippen LogP contribution in [0.25, 0.3) is 5.65 Å². The predicted molar refractivity (Wildman–Crippen MR) is 202 cm³/mol. The zero-order chi connectivity index (χ0) is 36.9. The fourth-order valence-electron chi connectivity index (χ4n) is 7.32. The number of pyridine rings is 2. The molecule has 4 aliphatic rings. The summed E-state index contributed by atoms with van der Waals surface area (Å²) in [6.45, 7) is 3.22. The molecule has 9 rings (SSSR count). The third-order valence-electron chi connectivity index (χ3n) is 10.8. The summed E-state index contributed by atoms with van der Waals surface area (Å²) >= 11 is 0. The third-order valence-corrected chi connectivity index (χ3v) is 10.8. The summed E-state index contributed by atoms with van der Waals surface area (Å²) < 4.78 is 7.79. The summed E-state index contributed by atoms with van der Waals surface area (Å²) in [5.41, 5.74) is 7.04. The topological polar surface area (TPSA) is 138 Å². The van der Waals surface area contributed by atoms with E-state index in [-0.39, 0.29) is 49.4 Å². The van der Waals surface area contributed by atoms with Crippen molar-refractivity contribution in [3.63, 3.8) is 0 Å². The van der Waals surface area contributed by atoms with Gasteiger partial charge >= 0.3 is 6.03 Å². The molecule has 4 aromatic heterocycles. The molecule has 3 aliphatic carbocycles. The predicted octanol–water partition coefficient (Wildman–Crippen LogP) is 5.95. The number of fused-ring (bicyclic) bond motifs is 1. The van der Waals surface area contributed by atoms with Crippen molar-refractivity contribution < 1.29 is 19.1 Å². The van der Waals surface area contributed by atoms with Crippen LogP contribution in [0, 0.1) is 12.8 Å². The number of ether oxygens (including phenoxy) is 1. The molecule has 276 valence electrons. The minimum Gasteiger partial charge on any atom is -0.375 e. The Morgan fingerprint density at radius 3 is 2.57 bits per heavy atom. The van der Waals surface area contributed by atoms with Crippen LogP contribution >= 0.6 is 0 Å². The fraction of sp³-hybridized carbons (Fsp3) is 0.390. The lowest BCUT2D eigenvalue weighted by molar-refractivity contribution is -0.125. The third kappa shape index (κ3) is 7.15. The number of imidazole rings is 1. The average Bonchev–Trinajstić information content (AvgIpc) is 4.05. The Labute approximate surface area is 313 Å². The first-order valence-corrected chi connectivity index (χ1v) is 18.9. The average molecular weight is 726 g/mol. The van der Waals surface area contributed by atoms with Gasteiger partial charge in [0.05, 0.1) is 37.7 Å². The number of carbonyl (C=O) groups excluding carboxylic acids is 3. The van der Waals surface area contributed by atoms with E-state index < -0.39 is 0 Å². The van der Waals surface area contributed by atoms with E-state index in [4.69, 9.17) is 14.7 Å². The lowest BCUT2D eigenvalue weighted by Gasteiger charge is -2.20. The number of hydrogen-bond acceptors (Lipinski definition) is 9. The molecule has 0 unspecified atom stereocenters. The number of benzene rings is 1. The maximum atomic E-state index is 13.7. The first kappa shape index (κ1) is 34.1. The van der Waals surface area contributed by atoms with E-state index in [2.05, 4.69) is 32.4 Å². The van der Waals surface area contributed by atoms with Gasteiger partial charge in [0.1, 0.15) is 18.2 Å². The summed E-state index contributed by atoms with van der Waals surface area (Å²) in [5.74, 6) is 1.61. The Balaban J connectivity index is 0.914. The van der Waals surface area contributed by atoms with E-state index >= 15 is 0 Å². The molecule has 2 atom stereocenters. The van der Waals surface area contributed by atoms with Gasteiger partial charge in [-0.05, 0) is 74.3 Å². The van der Waals surface area contributed by atoms with Gasteiger partial charge < -0.3 is 19.4 Å². The lowest BCUT2D eigenvalue weighted by Crippen LogP contribution is -2.35. The minimum absolute atomic E-state index is 0.0232. The zero-order valence-electron chi connectivity index (χ0n) is 30.5. The van der Waals surface area contributed by atoms with Crippen LogP contribution in [0.1, 0.15) is 83.9 Å². The molecule has 4 fully saturated rings. The van der Waals surface area contributed by atoms with Crippen molar-refractivity contribution in [2.24, 2.45) is 5.92 Å². The second-order valence-corrected chi connectivity index (χ2v) is 15.1. The van der Waals surface area contributed by atoms with Crippen LogP contribution in [0.15, 0.2) is 73.2 Å². The van der Waals surface area contributed by atoms with Crippen LogP contribution in [-0.4, -0.2) is 73.8 Å². The van der Waals surface area contributed by atoms with Crippen LogP contribution in [0.2, 0.25) is 0 Å². The molecule has 1 N–H and O–H groups in total. The summed E-state index contributed by atoms with van der Waals surface area (Å²) in [5, 5.41) is 3.09. The van der Waals surface area contributed by atoms with E-state index in [9.17, 15) is 14.4 Å². The Hall–Kier alpha value is -5.69. The van der Waals surface area contributed by atoms with Gasteiger partial charge in [-0.1, -0.05) is 30.3 Å². The van der Waals surface area contributed by atoms with Gasteiger partial charge in [0.15, 0.2) is 5.65 Å². The Morgan fingerprint density at radius 2 is 1.80 bits per heavy atom. The molecular weight excluding hydrogens is 683 g/mol. The highest BCUT2D eigenvalue weighted by molar-refractivity contribution is 6.13. The molecule has 54 heavy (non-hydrogen) atoms. The van der Waals surface area contributed by atoms with Crippen molar-refractivity contribution in [1.82, 2.24) is 29.2 Å². The molecule has 3 saturated carbocycles. The molecule has 1 aromatic carbocycles. The van der Waals surface area contributed by atoms with Crippen LogP contribution in [0.5, 0.6) is 0 Å². The number of carbonyl (C=O) groups is 3. The van der Waals surface area contributed by atoms with E-state index in [1.54, 1.807) is 11.1 Å². The van der Waals surface area contributed by atoms with Gasteiger partial charge in [0.25, 0.3) is 5.91 Å². The Kier molecular flexibility index (Phi) is 8.80. The summed E-state index contributed by atoms with van der Waals surface area (Å²) in [4.78, 5) is 63.9. The number of rotatable bonds is 14. The van der Waals surface area contributed by atoms with Crippen molar-refractivity contribution in [1.29, 1.82) is 0 Å². The maximum absolute atomic E-state index is 13.7. The van der Waals surface area contributed by atoms with Crippen molar-refractivity contribution in [3.05, 3.63) is 107 Å². The van der Waals surface area contributed by atoms with Crippen molar-refractivity contribution >= 4 is 40.7 Å². The highest BCUT2D eigenvalue weighted by Gasteiger charge is 2.46. The normalized spacial score (nSPS) is 19.5. The molecular formula is C41H43N9O4. The van der Waals surface area contributed by atoms with Crippen LogP contribution in [0.4, 0.5) is 22.0 Å². The van der Waals surface area contributed by atoms with Gasteiger partial charge in [-0.25, -0.2) is 24.7 Å². The molecule has 13 nitrogen and oxygen atoms in total. The van der Waals surface area contributed by atoms with E-state index in [0.29, 0.717) is 42.1 Å². The monoisotopic (exact) mass is 725 g/mol. The van der Waals surface area contributed by atoms with Crippen molar-refractivity contribution in [3.8, 4) is 0 Å². The summed E-state index contributed by atoms with van der Waals surface area (Å²) in [7, 11) is 2.00. The summed E-state index contributed by atoms with van der Waals surface area (Å²) in [6, 6.07) is 17.4. The number of nitrogens with one attached hydrogen (secondary N) is 1. The molecule has 5 aromatic rings. The van der Waals surface area contributed by atoms with Crippen LogP contribution in [-0.2, 0) is 27.5 Å². The van der Waals surface area contributed by atoms with E-state index in [1.165, 1.54) is 4.90 Å². The highest BCUT2D eigenvalue weighted by Crippen LogP contribution is 2.47. The number of nitrogens with zero attached hydrogens (tertiary/aromatic N) is 8. The first-order chi connectivity index (χ1) is 26.3. The highest BCUT2D eigenvalue weighted by atomic mass is 16.5. The quantitative estimate of drug-likeness (QED) is 0.109. The number of anilines is 3. The van der Waals surface area contributed by atoms with Gasteiger partial charge in [0.2, 0.25) is 5.91 Å². The first-order valence-electron chi connectivity index (χ1n) is 18.9. The van der Waals surface area contributed by atoms with Gasteiger partial charge in [0, 0.05) is 66.5 Å². The second kappa shape index (κ2) is 13.9. The van der Waals surface area contributed by atoms with Crippen molar-refractivity contribution in [2.75, 3.05) is 41.9 Å². The molecule has 0 spiro atoms.